The van der Waals surface area contributed by atoms with Crippen molar-refractivity contribution in [2.24, 2.45) is 0 Å². The predicted molar refractivity (Wildman–Crippen MR) is 90.2 cm³/mol. The number of anilines is 1. The van der Waals surface area contributed by atoms with Gasteiger partial charge in [-0.1, -0.05) is 12.8 Å². The van der Waals surface area contributed by atoms with E-state index in [9.17, 15) is 8.42 Å². The average molecular weight is 329 g/mol. The second kappa shape index (κ2) is 6.18. The van der Waals surface area contributed by atoms with Crippen LogP contribution in [0, 0.1) is 13.8 Å². The van der Waals surface area contributed by atoms with Crippen molar-refractivity contribution in [2.45, 2.75) is 49.2 Å². The molecule has 4 nitrogen and oxygen atoms in total. The summed E-state index contributed by atoms with van der Waals surface area (Å²) in [5.41, 5.74) is 7.76. The smallest absolute Gasteiger partial charge is 0.241 e. The lowest BCUT2D eigenvalue weighted by Crippen LogP contribution is -2.38. The zero-order valence-electron chi connectivity index (χ0n) is 12.9. The maximum atomic E-state index is 12.6. The molecule has 0 amide bonds. The number of thioether (sulfide) groups is 1. The Morgan fingerprint density at radius 1 is 1.24 bits per heavy atom. The first-order valence-corrected chi connectivity index (χ1v) is 9.92. The SMILES string of the molecule is CSC1(CNS(=O)(=O)c2c(C)cc(N)cc2C)CCCC1. The Kier molecular flexibility index (Phi) is 4.90. The van der Waals surface area contributed by atoms with Crippen LogP contribution in [0.1, 0.15) is 36.8 Å². The molecule has 0 aliphatic heterocycles. The summed E-state index contributed by atoms with van der Waals surface area (Å²) in [4.78, 5) is 0.367. The van der Waals surface area contributed by atoms with Gasteiger partial charge in [-0.25, -0.2) is 13.1 Å². The number of benzene rings is 1. The van der Waals surface area contributed by atoms with Crippen LogP contribution in [0.15, 0.2) is 17.0 Å². The monoisotopic (exact) mass is 328 g/mol. The van der Waals surface area contributed by atoms with Crippen LogP contribution >= 0.6 is 11.8 Å². The molecular formula is C15H24N2O2S2. The van der Waals surface area contributed by atoms with Crippen LogP contribution in [0.4, 0.5) is 5.69 Å². The first kappa shape index (κ1) is 16.6. The minimum atomic E-state index is -3.49. The van der Waals surface area contributed by atoms with Crippen molar-refractivity contribution in [3.63, 3.8) is 0 Å². The highest BCUT2D eigenvalue weighted by Crippen LogP contribution is 2.40. The number of nitrogens with one attached hydrogen (secondary N) is 1. The van der Waals surface area contributed by atoms with Gasteiger partial charge >= 0.3 is 0 Å². The fourth-order valence-corrected chi connectivity index (χ4v) is 5.76. The molecule has 0 unspecified atom stereocenters. The molecule has 1 saturated carbocycles. The van der Waals surface area contributed by atoms with Crippen LogP contribution in [-0.2, 0) is 10.0 Å². The van der Waals surface area contributed by atoms with Crippen molar-refractivity contribution < 1.29 is 8.42 Å². The quantitative estimate of drug-likeness (QED) is 0.815. The van der Waals surface area contributed by atoms with E-state index in [0.717, 1.165) is 12.8 Å². The van der Waals surface area contributed by atoms with Gasteiger partial charge in [0.2, 0.25) is 10.0 Å². The van der Waals surface area contributed by atoms with Gasteiger partial charge in [-0.05, 0) is 56.2 Å². The summed E-state index contributed by atoms with van der Waals surface area (Å²) in [7, 11) is -3.49. The minimum absolute atomic E-state index is 0.0582. The van der Waals surface area contributed by atoms with Crippen molar-refractivity contribution in [2.75, 3.05) is 18.5 Å². The fraction of sp³-hybridized carbons (Fsp3) is 0.600. The molecule has 21 heavy (non-hydrogen) atoms. The van der Waals surface area contributed by atoms with Crippen molar-refractivity contribution >= 4 is 27.5 Å². The molecule has 1 aliphatic rings. The standard InChI is InChI=1S/C15H24N2O2S2/c1-11-8-13(16)9-12(2)14(11)21(18,19)17-10-15(20-3)6-4-5-7-15/h8-9,17H,4-7,10,16H2,1-3H3. The van der Waals surface area contributed by atoms with Crippen LogP contribution in [0.2, 0.25) is 0 Å². The molecule has 6 heteroatoms. The second-order valence-electron chi connectivity index (χ2n) is 5.90. The molecule has 3 N–H and O–H groups in total. The largest absolute Gasteiger partial charge is 0.399 e. The molecule has 1 aromatic carbocycles. The van der Waals surface area contributed by atoms with Gasteiger partial charge in [0.15, 0.2) is 0 Å². The van der Waals surface area contributed by atoms with Crippen molar-refractivity contribution in [3.05, 3.63) is 23.3 Å². The van der Waals surface area contributed by atoms with Crippen LogP contribution in [0.5, 0.6) is 0 Å². The third-order valence-electron chi connectivity index (χ3n) is 4.28. The first-order chi connectivity index (χ1) is 9.80. The molecule has 1 fully saturated rings. The Bertz CT molecular complexity index is 598. The second-order valence-corrected chi connectivity index (χ2v) is 8.88. The van der Waals surface area contributed by atoms with Crippen molar-refractivity contribution in [1.29, 1.82) is 0 Å². The number of hydrogen-bond donors (Lipinski definition) is 2. The van der Waals surface area contributed by atoms with Crippen LogP contribution in [0.25, 0.3) is 0 Å². The van der Waals surface area contributed by atoms with E-state index in [2.05, 4.69) is 11.0 Å². The molecular weight excluding hydrogens is 304 g/mol. The van der Waals surface area contributed by atoms with Gasteiger partial charge in [0, 0.05) is 17.0 Å². The number of nitrogen functional groups attached to an aromatic ring is 1. The number of rotatable bonds is 5. The van der Waals surface area contributed by atoms with E-state index in [-0.39, 0.29) is 4.75 Å². The zero-order valence-corrected chi connectivity index (χ0v) is 14.5. The minimum Gasteiger partial charge on any atom is -0.399 e. The van der Waals surface area contributed by atoms with E-state index in [1.165, 1.54) is 12.8 Å². The van der Waals surface area contributed by atoms with Crippen LogP contribution in [0.3, 0.4) is 0 Å². The van der Waals surface area contributed by atoms with Crippen molar-refractivity contribution in [3.8, 4) is 0 Å². The summed E-state index contributed by atoms with van der Waals surface area (Å²) in [5, 5.41) is 0. The Morgan fingerprint density at radius 3 is 2.24 bits per heavy atom. The number of aryl methyl sites for hydroxylation is 2. The Labute approximate surface area is 131 Å². The van der Waals surface area contributed by atoms with Gasteiger partial charge in [0.1, 0.15) is 0 Å². The lowest BCUT2D eigenvalue weighted by molar-refractivity contribution is 0.550. The van der Waals surface area contributed by atoms with E-state index in [4.69, 9.17) is 5.73 Å². The van der Waals surface area contributed by atoms with Gasteiger partial charge in [0.05, 0.1) is 4.90 Å². The molecule has 0 bridgehead atoms. The number of sulfonamides is 1. The number of nitrogens with two attached hydrogens (primary N) is 1. The highest BCUT2D eigenvalue weighted by atomic mass is 32.2. The maximum absolute atomic E-state index is 12.6. The molecule has 0 atom stereocenters. The zero-order chi connectivity index (χ0) is 15.7. The third-order valence-corrected chi connectivity index (χ3v) is 7.41. The summed E-state index contributed by atoms with van der Waals surface area (Å²) < 4.78 is 28.2. The molecule has 0 radical (unpaired) electrons. The Balaban J connectivity index is 2.23. The molecule has 0 aromatic heterocycles. The Hall–Kier alpha value is -0.720. The van der Waals surface area contributed by atoms with E-state index >= 15 is 0 Å². The fourth-order valence-electron chi connectivity index (χ4n) is 3.18. The maximum Gasteiger partial charge on any atom is 0.241 e. The highest BCUT2D eigenvalue weighted by molar-refractivity contribution is 8.00. The molecule has 118 valence electrons. The van der Waals surface area contributed by atoms with Crippen LogP contribution < -0.4 is 10.5 Å². The van der Waals surface area contributed by atoms with Gasteiger partial charge in [0.25, 0.3) is 0 Å². The normalized spacial score (nSPS) is 18.0. The lowest BCUT2D eigenvalue weighted by Gasteiger charge is -2.27. The van der Waals surface area contributed by atoms with Gasteiger partial charge in [-0.3, -0.25) is 0 Å². The highest BCUT2D eigenvalue weighted by Gasteiger charge is 2.34. The van der Waals surface area contributed by atoms with Gasteiger partial charge in [-0.2, -0.15) is 11.8 Å². The summed E-state index contributed by atoms with van der Waals surface area (Å²) in [5.74, 6) is 0. The van der Waals surface area contributed by atoms with Gasteiger partial charge < -0.3 is 5.73 Å². The molecule has 1 aromatic rings. The van der Waals surface area contributed by atoms with Crippen molar-refractivity contribution in [1.82, 2.24) is 4.72 Å². The van der Waals surface area contributed by atoms with Crippen LogP contribution in [-0.4, -0.2) is 26.0 Å². The van der Waals surface area contributed by atoms with E-state index < -0.39 is 10.0 Å². The molecule has 1 aliphatic carbocycles. The molecule has 0 saturated heterocycles. The lowest BCUT2D eigenvalue weighted by atomic mass is 10.1. The summed E-state index contributed by atoms with van der Waals surface area (Å²) in [6.45, 7) is 4.08. The Morgan fingerprint density at radius 2 is 1.76 bits per heavy atom. The van der Waals surface area contributed by atoms with E-state index in [1.54, 1.807) is 37.7 Å². The van der Waals surface area contributed by atoms with E-state index in [1.807, 2.05) is 0 Å². The van der Waals surface area contributed by atoms with E-state index in [0.29, 0.717) is 28.3 Å². The summed E-state index contributed by atoms with van der Waals surface area (Å²) in [6.07, 6.45) is 6.59. The summed E-state index contributed by atoms with van der Waals surface area (Å²) >= 11 is 1.78. The van der Waals surface area contributed by atoms with Gasteiger partial charge in [-0.15, -0.1) is 0 Å². The third kappa shape index (κ3) is 3.55. The first-order valence-electron chi connectivity index (χ1n) is 7.21. The molecule has 0 spiro atoms. The summed E-state index contributed by atoms with van der Waals surface area (Å²) in [6, 6.07) is 3.42. The molecule has 2 rings (SSSR count). The molecule has 0 heterocycles. The predicted octanol–water partition coefficient (Wildman–Crippen LogP) is 2.84. The average Bonchev–Trinajstić information content (AvgIpc) is 2.84. The number of hydrogen-bond acceptors (Lipinski definition) is 4. The topological polar surface area (TPSA) is 72.2 Å².